The minimum absolute atomic E-state index is 0.247. The third-order valence-electron chi connectivity index (χ3n) is 3.82. The Morgan fingerprint density at radius 2 is 1.76 bits per heavy atom. The van der Waals surface area contributed by atoms with Crippen molar-refractivity contribution in [3.8, 4) is 6.07 Å². The van der Waals surface area contributed by atoms with Crippen LogP contribution in [0.5, 0.6) is 0 Å². The molecule has 0 bridgehead atoms. The molecular formula is C19H18F4N4O6. The Morgan fingerprint density at radius 3 is 2.18 bits per heavy atom. The normalized spacial score (nSPS) is 12.5. The second-order valence-corrected chi connectivity index (χ2v) is 6.74. The number of anilines is 1. The van der Waals surface area contributed by atoms with Gasteiger partial charge in [-0.1, -0.05) is 0 Å². The lowest BCUT2D eigenvalue weighted by Gasteiger charge is -2.22. The van der Waals surface area contributed by atoms with Crippen molar-refractivity contribution in [1.82, 2.24) is 9.78 Å². The fraction of sp³-hybridized carbons (Fsp3) is 0.316. The number of aliphatic hydroxyl groups is 1. The van der Waals surface area contributed by atoms with Crippen LogP contribution in [0, 0.1) is 17.1 Å². The van der Waals surface area contributed by atoms with Gasteiger partial charge in [0.15, 0.2) is 11.4 Å². The van der Waals surface area contributed by atoms with Crippen LogP contribution in [0.4, 0.5) is 23.2 Å². The molecule has 0 radical (unpaired) electrons. The molecule has 0 saturated heterocycles. The second kappa shape index (κ2) is 11.0. The number of hydrogen-bond donors (Lipinski definition) is 4. The monoisotopic (exact) mass is 474 g/mol. The highest BCUT2D eigenvalue weighted by Crippen LogP contribution is 2.33. The highest BCUT2D eigenvalue weighted by Gasteiger charge is 2.35. The molecule has 14 heteroatoms. The van der Waals surface area contributed by atoms with E-state index < -0.39 is 53.1 Å². The molecule has 1 heterocycles. The molecule has 10 nitrogen and oxygen atoms in total. The summed E-state index contributed by atoms with van der Waals surface area (Å²) in [6.07, 6.45) is -3.54. The number of nitrogens with one attached hydrogen (secondary N) is 1. The lowest BCUT2D eigenvalue weighted by molar-refractivity contribution is -0.143. The molecular weight excluding hydrogens is 456 g/mol. The number of aromatic nitrogens is 2. The molecule has 2 aromatic rings. The Balaban J connectivity index is 0.000000582. The molecule has 0 aliphatic rings. The van der Waals surface area contributed by atoms with E-state index in [1.807, 2.05) is 0 Å². The first-order valence-electron chi connectivity index (χ1n) is 8.92. The van der Waals surface area contributed by atoms with Crippen molar-refractivity contribution in [3.05, 3.63) is 47.5 Å². The SMILES string of the molecule is C[C@](O)(Cn1cc(F)cn1)C(=O)Nc1ccc(C#N)c(C(F)(F)F)c1.O=C(O)CCC(=O)O. The van der Waals surface area contributed by atoms with E-state index in [-0.39, 0.29) is 18.5 Å². The summed E-state index contributed by atoms with van der Waals surface area (Å²) in [5, 5.41) is 40.4. The summed E-state index contributed by atoms with van der Waals surface area (Å²) in [4.78, 5) is 31.4. The van der Waals surface area contributed by atoms with Crippen LogP contribution in [0.15, 0.2) is 30.6 Å². The van der Waals surface area contributed by atoms with Crippen LogP contribution in [0.1, 0.15) is 30.9 Å². The highest BCUT2D eigenvalue weighted by molar-refractivity contribution is 5.96. The molecule has 0 saturated carbocycles. The number of carbonyl (C=O) groups excluding carboxylic acids is 1. The Kier molecular flexibility index (Phi) is 9.05. The van der Waals surface area contributed by atoms with Crippen molar-refractivity contribution in [1.29, 1.82) is 5.26 Å². The van der Waals surface area contributed by atoms with Crippen molar-refractivity contribution in [2.45, 2.75) is 38.1 Å². The number of amides is 1. The molecule has 4 N–H and O–H groups in total. The molecule has 0 unspecified atom stereocenters. The lowest BCUT2D eigenvalue weighted by Crippen LogP contribution is -2.43. The second-order valence-electron chi connectivity index (χ2n) is 6.74. The summed E-state index contributed by atoms with van der Waals surface area (Å²) >= 11 is 0. The van der Waals surface area contributed by atoms with Crippen LogP contribution >= 0.6 is 0 Å². The third-order valence-corrected chi connectivity index (χ3v) is 3.82. The maximum Gasteiger partial charge on any atom is 0.417 e. The Labute approximate surface area is 183 Å². The minimum Gasteiger partial charge on any atom is -0.481 e. The van der Waals surface area contributed by atoms with E-state index in [4.69, 9.17) is 15.5 Å². The summed E-state index contributed by atoms with van der Waals surface area (Å²) in [5.74, 6) is -3.83. The molecule has 0 aliphatic carbocycles. The van der Waals surface area contributed by atoms with Crippen LogP contribution in [0.3, 0.4) is 0 Å². The lowest BCUT2D eigenvalue weighted by atomic mass is 10.0. The topological polar surface area (TPSA) is 166 Å². The number of carboxylic acid groups (broad SMARTS) is 2. The first-order valence-corrected chi connectivity index (χ1v) is 8.92. The van der Waals surface area contributed by atoms with E-state index in [9.17, 15) is 37.1 Å². The molecule has 33 heavy (non-hydrogen) atoms. The van der Waals surface area contributed by atoms with Crippen LogP contribution in [-0.2, 0) is 27.1 Å². The zero-order chi connectivity index (χ0) is 25.4. The van der Waals surface area contributed by atoms with Crippen molar-refractivity contribution >= 4 is 23.5 Å². The average molecular weight is 474 g/mol. The third kappa shape index (κ3) is 8.95. The molecule has 0 spiro atoms. The summed E-state index contributed by atoms with van der Waals surface area (Å²) in [6.45, 7) is 0.696. The van der Waals surface area contributed by atoms with Gasteiger partial charge in [0.2, 0.25) is 0 Å². The van der Waals surface area contributed by atoms with Gasteiger partial charge >= 0.3 is 18.1 Å². The average Bonchev–Trinajstić information content (AvgIpc) is 3.10. The quantitative estimate of drug-likeness (QED) is 0.444. The summed E-state index contributed by atoms with van der Waals surface area (Å²) in [6, 6.07) is 4.04. The number of hydrogen-bond acceptors (Lipinski definition) is 6. The molecule has 0 aliphatic heterocycles. The fourth-order valence-corrected chi connectivity index (χ4v) is 2.25. The predicted molar refractivity (Wildman–Crippen MR) is 102 cm³/mol. The van der Waals surface area contributed by atoms with Gasteiger partial charge in [-0.2, -0.15) is 23.5 Å². The van der Waals surface area contributed by atoms with Crippen molar-refractivity contribution in [2.75, 3.05) is 5.32 Å². The van der Waals surface area contributed by atoms with Crippen molar-refractivity contribution < 1.29 is 47.3 Å². The zero-order valence-electron chi connectivity index (χ0n) is 16.9. The number of carbonyl (C=O) groups is 3. The molecule has 0 fully saturated rings. The summed E-state index contributed by atoms with van der Waals surface area (Å²) in [5.41, 5.74) is -4.11. The number of benzene rings is 1. The van der Waals surface area contributed by atoms with Gasteiger partial charge in [-0.15, -0.1) is 0 Å². The van der Waals surface area contributed by atoms with Gasteiger partial charge in [0.1, 0.15) is 0 Å². The van der Waals surface area contributed by atoms with E-state index in [0.717, 1.165) is 36.1 Å². The number of aliphatic carboxylic acids is 2. The molecule has 1 aromatic carbocycles. The van der Waals surface area contributed by atoms with Gasteiger partial charge in [-0.05, 0) is 25.1 Å². The summed E-state index contributed by atoms with van der Waals surface area (Å²) < 4.78 is 52.6. The van der Waals surface area contributed by atoms with Gasteiger partial charge in [-0.3, -0.25) is 19.1 Å². The molecule has 1 amide bonds. The number of carboxylic acids is 2. The van der Waals surface area contributed by atoms with Crippen LogP contribution < -0.4 is 5.32 Å². The largest absolute Gasteiger partial charge is 0.481 e. The Bertz CT molecular complexity index is 1050. The van der Waals surface area contributed by atoms with Gasteiger partial charge in [-0.25, -0.2) is 4.39 Å². The maximum atomic E-state index is 12.9. The van der Waals surface area contributed by atoms with E-state index in [1.165, 1.54) is 6.07 Å². The number of halogens is 4. The Hall–Kier alpha value is -3.99. The zero-order valence-corrected chi connectivity index (χ0v) is 16.9. The fourth-order valence-electron chi connectivity index (χ4n) is 2.25. The number of nitriles is 1. The van der Waals surface area contributed by atoms with E-state index in [0.29, 0.717) is 6.07 Å². The van der Waals surface area contributed by atoms with Gasteiger partial charge in [0.05, 0.1) is 49.0 Å². The van der Waals surface area contributed by atoms with Crippen molar-refractivity contribution in [3.63, 3.8) is 0 Å². The maximum absolute atomic E-state index is 12.9. The minimum atomic E-state index is -4.78. The summed E-state index contributed by atoms with van der Waals surface area (Å²) in [7, 11) is 0. The van der Waals surface area contributed by atoms with Crippen molar-refractivity contribution in [2.24, 2.45) is 0 Å². The molecule has 178 valence electrons. The first-order chi connectivity index (χ1) is 15.2. The number of rotatable bonds is 7. The number of alkyl halides is 3. The van der Waals surface area contributed by atoms with E-state index in [1.54, 1.807) is 0 Å². The van der Waals surface area contributed by atoms with Crippen LogP contribution in [0.25, 0.3) is 0 Å². The predicted octanol–water partition coefficient (Wildman–Crippen LogP) is 2.24. The van der Waals surface area contributed by atoms with E-state index >= 15 is 0 Å². The molecule has 1 atom stereocenters. The van der Waals surface area contributed by atoms with Gasteiger partial charge < -0.3 is 20.6 Å². The van der Waals surface area contributed by atoms with Crippen LogP contribution in [0.2, 0.25) is 0 Å². The standard InChI is InChI=1S/C15H12F4N4O2.C4H6O4/c1-14(25,8-23-7-10(16)6-21-23)13(24)22-11-3-2-9(5-20)12(4-11)15(17,18)19;5-3(6)1-2-4(7)8/h2-4,6-7,25H,8H2,1H3,(H,22,24);1-2H2,(H,5,6)(H,7,8)/t14-;/m0./s1. The molecule has 2 rings (SSSR count). The first kappa shape index (κ1) is 27.0. The van der Waals surface area contributed by atoms with E-state index in [2.05, 4.69) is 10.4 Å². The van der Waals surface area contributed by atoms with Gasteiger partial charge in [0, 0.05) is 5.69 Å². The van der Waals surface area contributed by atoms with Crippen LogP contribution in [-0.4, -0.2) is 48.5 Å². The number of nitrogens with zero attached hydrogens (tertiary/aromatic N) is 3. The Morgan fingerprint density at radius 1 is 1.18 bits per heavy atom. The smallest absolute Gasteiger partial charge is 0.417 e. The highest BCUT2D eigenvalue weighted by atomic mass is 19.4. The molecule has 1 aromatic heterocycles. The van der Waals surface area contributed by atoms with Gasteiger partial charge in [0.25, 0.3) is 5.91 Å².